The lowest BCUT2D eigenvalue weighted by Gasteiger charge is -2.06. The molecule has 1 aliphatic rings. The monoisotopic (exact) mass is 349 g/mol. The van der Waals surface area contributed by atoms with Crippen molar-refractivity contribution in [2.24, 2.45) is 5.73 Å². The molecule has 0 amide bonds. The molecule has 1 aromatic carbocycles. The highest BCUT2D eigenvalue weighted by molar-refractivity contribution is 6.04. The summed E-state index contributed by atoms with van der Waals surface area (Å²) in [6.07, 6.45) is 5.56. The number of phenols is 2. The number of aromatic hydroxyl groups is 2. The maximum absolute atomic E-state index is 10.4. The summed E-state index contributed by atoms with van der Waals surface area (Å²) in [5, 5.41) is 26.6. The predicted octanol–water partition coefficient (Wildman–Crippen LogP) is 1.04. The van der Waals surface area contributed by atoms with E-state index >= 15 is 0 Å². The van der Waals surface area contributed by atoms with E-state index in [9.17, 15) is 14.4 Å². The summed E-state index contributed by atoms with van der Waals surface area (Å²) >= 11 is 0. The number of rotatable bonds is 4. The number of ether oxygens (including phenoxy) is 1. The molecule has 1 atom stereocenters. The second-order valence-corrected chi connectivity index (χ2v) is 4.52. The van der Waals surface area contributed by atoms with Crippen LogP contribution in [0.25, 0.3) is 0 Å². The largest absolute Gasteiger partial charge is 0.504 e. The molecule has 0 unspecified atom stereocenters. The van der Waals surface area contributed by atoms with Gasteiger partial charge in [-0.3, -0.25) is 4.79 Å². The predicted molar refractivity (Wildman–Crippen MR) is 89.7 cm³/mol. The van der Waals surface area contributed by atoms with E-state index in [-0.39, 0.29) is 17.9 Å². The average molecular weight is 349 g/mol. The van der Waals surface area contributed by atoms with Gasteiger partial charge < -0.3 is 25.8 Å². The Hall–Kier alpha value is -3.39. The molecule has 1 aliphatic heterocycles. The van der Waals surface area contributed by atoms with Gasteiger partial charge in [0, 0.05) is 12.2 Å². The van der Waals surface area contributed by atoms with Crippen molar-refractivity contribution in [3.8, 4) is 11.5 Å². The van der Waals surface area contributed by atoms with Crippen LogP contribution in [0.15, 0.2) is 55.7 Å². The first-order valence-electron chi connectivity index (χ1n) is 6.87. The van der Waals surface area contributed by atoms with E-state index < -0.39 is 23.9 Å². The number of cyclic esters (lactones) is 2. The molecule has 0 spiro atoms. The molecule has 8 heteroatoms. The molecule has 0 fully saturated rings. The maximum Gasteiger partial charge on any atom is 0.338 e. The lowest BCUT2D eigenvalue weighted by Crippen LogP contribution is -2.32. The Bertz CT molecular complexity index is 658. The summed E-state index contributed by atoms with van der Waals surface area (Å²) < 4.78 is 3.97. The highest BCUT2D eigenvalue weighted by atomic mass is 16.6. The lowest BCUT2D eigenvalue weighted by atomic mass is 10.1. The van der Waals surface area contributed by atoms with Crippen LogP contribution >= 0.6 is 0 Å². The van der Waals surface area contributed by atoms with Crippen LogP contribution in [-0.4, -0.2) is 39.3 Å². The molecule has 1 heterocycles. The summed E-state index contributed by atoms with van der Waals surface area (Å²) in [6, 6.07) is 3.09. The van der Waals surface area contributed by atoms with E-state index in [2.05, 4.69) is 17.9 Å². The van der Waals surface area contributed by atoms with Crippen molar-refractivity contribution in [2.45, 2.75) is 12.5 Å². The number of carboxylic acids is 1. The van der Waals surface area contributed by atoms with Gasteiger partial charge >= 0.3 is 17.9 Å². The minimum atomic E-state index is -1.10. The molecule has 8 nitrogen and oxygen atoms in total. The van der Waals surface area contributed by atoms with Crippen molar-refractivity contribution in [2.75, 3.05) is 0 Å². The SMILES string of the molecule is C=CC=C.N[C@@H](Cc1ccc(O)c(O)c1)C(=O)O.O=C1C=CC(=O)O1. The Kier molecular flexibility index (Phi) is 9.68. The zero-order chi connectivity index (χ0) is 19.4. The van der Waals surface area contributed by atoms with Gasteiger partial charge in [-0.05, 0) is 24.1 Å². The van der Waals surface area contributed by atoms with Crippen LogP contribution in [0, 0.1) is 0 Å². The Labute approximate surface area is 144 Å². The number of hydrogen-bond donors (Lipinski definition) is 4. The van der Waals surface area contributed by atoms with Crippen molar-refractivity contribution >= 4 is 17.9 Å². The second kappa shape index (κ2) is 11.2. The molecule has 0 aliphatic carbocycles. The van der Waals surface area contributed by atoms with E-state index in [1.807, 2.05) is 0 Å². The molecular weight excluding hydrogens is 330 g/mol. The average Bonchev–Trinajstić information content (AvgIpc) is 2.94. The number of aliphatic carboxylic acids is 1. The molecule has 0 aromatic heterocycles. The molecule has 0 radical (unpaired) electrons. The second-order valence-electron chi connectivity index (χ2n) is 4.52. The molecule has 25 heavy (non-hydrogen) atoms. The van der Waals surface area contributed by atoms with Gasteiger partial charge in [-0.2, -0.15) is 0 Å². The number of hydrogen-bond acceptors (Lipinski definition) is 7. The van der Waals surface area contributed by atoms with Crippen LogP contribution in [0.3, 0.4) is 0 Å². The van der Waals surface area contributed by atoms with Gasteiger partial charge in [0.15, 0.2) is 11.5 Å². The first-order valence-corrected chi connectivity index (χ1v) is 6.87. The number of nitrogens with two attached hydrogens (primary N) is 1. The van der Waals surface area contributed by atoms with Crippen LogP contribution in [0.2, 0.25) is 0 Å². The highest BCUT2D eigenvalue weighted by Crippen LogP contribution is 2.25. The molecule has 134 valence electrons. The van der Waals surface area contributed by atoms with E-state index in [1.54, 1.807) is 12.2 Å². The summed E-state index contributed by atoms with van der Waals surface area (Å²) in [4.78, 5) is 30.3. The summed E-state index contributed by atoms with van der Waals surface area (Å²) in [7, 11) is 0. The number of carbonyl (C=O) groups is 3. The highest BCUT2D eigenvalue weighted by Gasteiger charge is 2.13. The molecule has 0 saturated carbocycles. The molecule has 0 bridgehead atoms. The number of carboxylic acid groups (broad SMARTS) is 1. The van der Waals surface area contributed by atoms with Crippen LogP contribution in [0.5, 0.6) is 11.5 Å². The first kappa shape index (κ1) is 21.6. The Morgan fingerprint density at radius 1 is 1.12 bits per heavy atom. The van der Waals surface area contributed by atoms with Crippen molar-refractivity contribution in [3.63, 3.8) is 0 Å². The van der Waals surface area contributed by atoms with Crippen molar-refractivity contribution < 1.29 is 34.4 Å². The van der Waals surface area contributed by atoms with E-state index in [0.29, 0.717) is 5.56 Å². The zero-order valence-corrected chi connectivity index (χ0v) is 13.3. The minimum Gasteiger partial charge on any atom is -0.504 e. The molecular formula is C17H19NO7. The molecule has 5 N–H and O–H groups in total. The third-order valence-corrected chi connectivity index (χ3v) is 2.54. The quantitative estimate of drug-likeness (QED) is 0.273. The number of carbonyl (C=O) groups excluding carboxylic acids is 2. The summed E-state index contributed by atoms with van der Waals surface area (Å²) in [5.41, 5.74) is 5.86. The fourth-order valence-electron chi connectivity index (χ4n) is 1.34. The number of esters is 2. The molecule has 1 aromatic rings. The van der Waals surface area contributed by atoms with E-state index in [4.69, 9.17) is 21.1 Å². The number of phenolic OH excluding ortho intramolecular Hbond substituents is 2. The Morgan fingerprint density at radius 2 is 1.64 bits per heavy atom. The summed E-state index contributed by atoms with van der Waals surface area (Å²) in [5.74, 6) is -2.77. The van der Waals surface area contributed by atoms with Gasteiger partial charge in [0.2, 0.25) is 0 Å². The van der Waals surface area contributed by atoms with E-state index in [0.717, 1.165) is 12.2 Å². The van der Waals surface area contributed by atoms with Crippen LogP contribution < -0.4 is 5.73 Å². The first-order chi connectivity index (χ1) is 11.7. The number of allylic oxidation sites excluding steroid dienone is 2. The van der Waals surface area contributed by atoms with Gasteiger partial charge in [0.25, 0.3) is 0 Å². The standard InChI is InChI=1S/C9H11NO4.C4H2O3.C4H6/c10-6(9(13)14)3-5-1-2-7(11)8(12)4-5;5-3-1-2-4(6)7-3;1-3-4-2/h1-2,4,6,11-12H,3,10H2,(H,13,14);1-2H;3-4H,1-2H2/t6-;;/m0../s1. The fourth-order valence-corrected chi connectivity index (χ4v) is 1.34. The van der Waals surface area contributed by atoms with Gasteiger partial charge in [0.05, 0.1) is 0 Å². The van der Waals surface area contributed by atoms with Gasteiger partial charge in [0.1, 0.15) is 6.04 Å². The Balaban J connectivity index is 0.000000433. The lowest BCUT2D eigenvalue weighted by molar-refractivity contribution is -0.150. The third-order valence-electron chi connectivity index (χ3n) is 2.54. The molecule has 2 rings (SSSR count). The van der Waals surface area contributed by atoms with Crippen molar-refractivity contribution in [1.82, 2.24) is 0 Å². The van der Waals surface area contributed by atoms with Gasteiger partial charge in [-0.15, -0.1) is 0 Å². The summed E-state index contributed by atoms with van der Waals surface area (Å²) in [6.45, 7) is 6.72. The van der Waals surface area contributed by atoms with E-state index in [1.165, 1.54) is 18.2 Å². The van der Waals surface area contributed by atoms with Crippen LogP contribution in [0.4, 0.5) is 0 Å². The smallest absolute Gasteiger partial charge is 0.338 e. The molecule has 0 saturated heterocycles. The van der Waals surface area contributed by atoms with Crippen molar-refractivity contribution in [3.05, 3.63) is 61.2 Å². The Morgan fingerprint density at radius 3 is 1.96 bits per heavy atom. The number of benzene rings is 1. The fraction of sp³-hybridized carbons (Fsp3) is 0.118. The van der Waals surface area contributed by atoms with Gasteiger partial charge in [-0.1, -0.05) is 31.4 Å². The van der Waals surface area contributed by atoms with Crippen molar-refractivity contribution in [1.29, 1.82) is 0 Å². The normalized spacial score (nSPS) is 12.7. The maximum atomic E-state index is 10.4. The van der Waals surface area contributed by atoms with Crippen LogP contribution in [0.1, 0.15) is 5.56 Å². The zero-order valence-electron chi connectivity index (χ0n) is 13.3. The third kappa shape index (κ3) is 9.36. The minimum absolute atomic E-state index is 0.114. The van der Waals surface area contributed by atoms with Gasteiger partial charge in [-0.25, -0.2) is 9.59 Å². The topological polar surface area (TPSA) is 147 Å². The van der Waals surface area contributed by atoms with Crippen LogP contribution in [-0.2, 0) is 25.5 Å².